The molecule has 3 rings (SSSR count). The second-order valence-corrected chi connectivity index (χ2v) is 6.46. The Bertz CT molecular complexity index is 701. The Balaban J connectivity index is 1.59. The summed E-state index contributed by atoms with van der Waals surface area (Å²) >= 11 is 0. The van der Waals surface area contributed by atoms with Crippen LogP contribution in [0.2, 0.25) is 0 Å². The molecule has 1 heterocycles. The molecule has 1 aliphatic carbocycles. The molecule has 1 fully saturated rings. The van der Waals surface area contributed by atoms with Gasteiger partial charge in [0, 0.05) is 24.0 Å². The van der Waals surface area contributed by atoms with Crippen LogP contribution in [0.5, 0.6) is 5.75 Å². The van der Waals surface area contributed by atoms with E-state index < -0.39 is 0 Å². The Morgan fingerprint density at radius 2 is 2.00 bits per heavy atom. The zero-order chi connectivity index (χ0) is 17.5. The van der Waals surface area contributed by atoms with E-state index in [0.29, 0.717) is 5.75 Å². The molecular formula is C20H25N3O2. The van der Waals surface area contributed by atoms with Gasteiger partial charge in [-0.15, -0.1) is 0 Å². The summed E-state index contributed by atoms with van der Waals surface area (Å²) in [6.07, 6.45) is 12.3. The average molecular weight is 339 g/mol. The summed E-state index contributed by atoms with van der Waals surface area (Å²) in [4.78, 5) is 16.3. The van der Waals surface area contributed by atoms with Crippen molar-refractivity contribution in [3.8, 4) is 5.75 Å². The van der Waals surface area contributed by atoms with Crippen LogP contribution in [0.4, 0.5) is 0 Å². The van der Waals surface area contributed by atoms with Crippen LogP contribution >= 0.6 is 0 Å². The molecule has 5 heteroatoms. The SMILES string of the molecule is C=C(c1ccccc1OCC(=O)NC1CCCCCC1)n1ccnc1. The van der Waals surface area contributed by atoms with Crippen LogP contribution in [0.15, 0.2) is 49.6 Å². The third-order valence-corrected chi connectivity index (χ3v) is 4.59. The number of rotatable bonds is 6. The maximum Gasteiger partial charge on any atom is 0.258 e. The predicted molar refractivity (Wildman–Crippen MR) is 98.2 cm³/mol. The normalized spacial score (nSPS) is 15.4. The first-order valence-electron chi connectivity index (χ1n) is 8.93. The van der Waals surface area contributed by atoms with Crippen molar-refractivity contribution in [2.24, 2.45) is 0 Å². The highest BCUT2D eigenvalue weighted by molar-refractivity contribution is 5.78. The zero-order valence-electron chi connectivity index (χ0n) is 14.5. The maximum absolute atomic E-state index is 12.2. The molecule has 0 atom stereocenters. The van der Waals surface area contributed by atoms with Gasteiger partial charge in [-0.25, -0.2) is 4.98 Å². The van der Waals surface area contributed by atoms with Crippen LogP contribution in [-0.4, -0.2) is 28.1 Å². The van der Waals surface area contributed by atoms with Crippen LogP contribution in [0.25, 0.3) is 5.70 Å². The van der Waals surface area contributed by atoms with E-state index in [-0.39, 0.29) is 18.6 Å². The first-order valence-corrected chi connectivity index (χ1v) is 8.93. The van der Waals surface area contributed by atoms with Gasteiger partial charge in [0.1, 0.15) is 5.75 Å². The van der Waals surface area contributed by atoms with Crippen molar-refractivity contribution in [1.82, 2.24) is 14.9 Å². The van der Waals surface area contributed by atoms with Gasteiger partial charge in [-0.2, -0.15) is 0 Å². The largest absolute Gasteiger partial charge is 0.483 e. The van der Waals surface area contributed by atoms with Gasteiger partial charge in [0.25, 0.3) is 5.91 Å². The smallest absolute Gasteiger partial charge is 0.258 e. The van der Waals surface area contributed by atoms with Gasteiger partial charge in [-0.1, -0.05) is 44.4 Å². The minimum absolute atomic E-state index is 0.0186. The number of nitrogens with zero attached hydrogens (tertiary/aromatic N) is 2. The Hall–Kier alpha value is -2.56. The first kappa shape index (κ1) is 17.3. The van der Waals surface area contributed by atoms with E-state index in [2.05, 4.69) is 16.9 Å². The van der Waals surface area contributed by atoms with Crippen molar-refractivity contribution < 1.29 is 9.53 Å². The van der Waals surface area contributed by atoms with E-state index >= 15 is 0 Å². The minimum Gasteiger partial charge on any atom is -0.483 e. The van der Waals surface area contributed by atoms with Gasteiger partial charge in [0.15, 0.2) is 6.61 Å². The van der Waals surface area contributed by atoms with Crippen molar-refractivity contribution in [2.75, 3.05) is 6.61 Å². The first-order chi connectivity index (χ1) is 12.2. The van der Waals surface area contributed by atoms with Gasteiger partial charge in [-0.3, -0.25) is 4.79 Å². The Morgan fingerprint density at radius 1 is 1.24 bits per heavy atom. The number of amides is 1. The quantitative estimate of drug-likeness (QED) is 0.818. The monoisotopic (exact) mass is 339 g/mol. The number of nitrogens with one attached hydrogen (secondary N) is 1. The zero-order valence-corrected chi connectivity index (χ0v) is 14.5. The van der Waals surface area contributed by atoms with Crippen molar-refractivity contribution in [3.63, 3.8) is 0 Å². The van der Waals surface area contributed by atoms with E-state index in [0.717, 1.165) is 24.1 Å². The lowest BCUT2D eigenvalue weighted by molar-refractivity contribution is -0.123. The number of imidazole rings is 1. The van der Waals surface area contributed by atoms with Crippen LogP contribution in [0.1, 0.15) is 44.1 Å². The van der Waals surface area contributed by atoms with Crippen molar-refractivity contribution in [3.05, 3.63) is 55.1 Å². The number of aromatic nitrogens is 2. The minimum atomic E-state index is -0.0602. The van der Waals surface area contributed by atoms with Crippen LogP contribution < -0.4 is 10.1 Å². The number of hydrogen-bond donors (Lipinski definition) is 1. The van der Waals surface area contributed by atoms with E-state index in [1.54, 1.807) is 12.5 Å². The van der Waals surface area contributed by atoms with E-state index in [1.807, 2.05) is 35.0 Å². The van der Waals surface area contributed by atoms with Crippen molar-refractivity contribution in [2.45, 2.75) is 44.6 Å². The van der Waals surface area contributed by atoms with Crippen LogP contribution in [0.3, 0.4) is 0 Å². The van der Waals surface area contributed by atoms with Crippen molar-refractivity contribution in [1.29, 1.82) is 0 Å². The number of ether oxygens (including phenoxy) is 1. The van der Waals surface area contributed by atoms with Gasteiger partial charge in [-0.05, 0) is 25.0 Å². The molecule has 132 valence electrons. The molecule has 1 aliphatic rings. The number of para-hydroxylation sites is 1. The molecule has 5 nitrogen and oxygen atoms in total. The fourth-order valence-corrected chi connectivity index (χ4v) is 3.23. The topological polar surface area (TPSA) is 56.1 Å². The third-order valence-electron chi connectivity index (χ3n) is 4.59. The third kappa shape index (κ3) is 4.72. The molecule has 0 aliphatic heterocycles. The molecule has 0 unspecified atom stereocenters. The summed E-state index contributed by atoms with van der Waals surface area (Å²) in [6, 6.07) is 7.89. The fraction of sp³-hybridized carbons (Fsp3) is 0.400. The van der Waals surface area contributed by atoms with E-state index in [4.69, 9.17) is 4.74 Å². The highest BCUT2D eigenvalue weighted by atomic mass is 16.5. The van der Waals surface area contributed by atoms with Crippen LogP contribution in [-0.2, 0) is 4.79 Å². The molecule has 1 aromatic heterocycles. The van der Waals surface area contributed by atoms with Gasteiger partial charge in [0.05, 0.1) is 12.0 Å². The van der Waals surface area contributed by atoms with E-state index in [1.165, 1.54) is 25.7 Å². The van der Waals surface area contributed by atoms with Crippen LogP contribution in [0, 0.1) is 0 Å². The summed E-state index contributed by atoms with van der Waals surface area (Å²) in [7, 11) is 0. The van der Waals surface area contributed by atoms with Crippen molar-refractivity contribution >= 4 is 11.6 Å². The summed E-state index contributed by atoms with van der Waals surface area (Å²) in [5, 5.41) is 3.10. The average Bonchev–Trinajstić information content (AvgIpc) is 3.05. The molecule has 0 radical (unpaired) electrons. The lowest BCUT2D eigenvalue weighted by Gasteiger charge is -2.17. The molecule has 1 aromatic carbocycles. The second-order valence-electron chi connectivity index (χ2n) is 6.46. The lowest BCUT2D eigenvalue weighted by Crippen LogP contribution is -2.37. The Labute approximate surface area is 148 Å². The highest BCUT2D eigenvalue weighted by Crippen LogP contribution is 2.26. The molecule has 0 saturated heterocycles. The number of hydrogen-bond acceptors (Lipinski definition) is 3. The number of carbonyl (C=O) groups excluding carboxylic acids is 1. The molecule has 25 heavy (non-hydrogen) atoms. The maximum atomic E-state index is 12.2. The number of carbonyl (C=O) groups is 1. The second kappa shape index (κ2) is 8.51. The summed E-state index contributed by atoms with van der Waals surface area (Å²) in [5.74, 6) is 0.590. The van der Waals surface area contributed by atoms with E-state index in [9.17, 15) is 4.79 Å². The summed E-state index contributed by atoms with van der Waals surface area (Å²) in [5.41, 5.74) is 1.61. The summed E-state index contributed by atoms with van der Waals surface area (Å²) < 4.78 is 7.61. The summed E-state index contributed by atoms with van der Waals surface area (Å²) in [6.45, 7) is 4.12. The molecule has 0 spiro atoms. The van der Waals surface area contributed by atoms with Gasteiger partial charge < -0.3 is 14.6 Å². The van der Waals surface area contributed by atoms with Gasteiger partial charge in [0.2, 0.25) is 0 Å². The Morgan fingerprint density at radius 3 is 2.72 bits per heavy atom. The lowest BCUT2D eigenvalue weighted by atomic mass is 10.1. The molecule has 2 aromatic rings. The standard InChI is InChI=1S/C20H25N3O2/c1-16(23-13-12-21-15-23)18-10-6-7-11-19(18)25-14-20(24)22-17-8-4-2-3-5-9-17/h6-7,10-13,15,17H,1-5,8-9,14H2,(H,22,24). The molecular weight excluding hydrogens is 314 g/mol. The Kier molecular flexibility index (Phi) is 5.88. The molecule has 0 bridgehead atoms. The molecule has 1 N–H and O–H groups in total. The van der Waals surface area contributed by atoms with Gasteiger partial charge >= 0.3 is 0 Å². The highest BCUT2D eigenvalue weighted by Gasteiger charge is 2.16. The number of benzene rings is 1. The predicted octanol–water partition coefficient (Wildman–Crippen LogP) is 3.62. The molecule has 1 amide bonds. The fourth-order valence-electron chi connectivity index (χ4n) is 3.23. The molecule has 1 saturated carbocycles.